The number of imide groups is 1. The third-order valence-electron chi connectivity index (χ3n) is 5.84. The number of benzene rings is 1. The fourth-order valence-corrected chi connectivity index (χ4v) is 5.55. The molecule has 3 aliphatic rings. The number of hydrogen-bond donors (Lipinski definition) is 1. The van der Waals surface area contributed by atoms with Crippen LogP contribution in [0.1, 0.15) is 50.1 Å². The molecule has 2 aliphatic heterocycles. The van der Waals surface area contributed by atoms with Crippen LogP contribution in [0, 0.1) is 17.7 Å². The number of fused-ring (bicyclic) bond motifs is 2. The van der Waals surface area contributed by atoms with Crippen molar-refractivity contribution in [1.29, 1.82) is 0 Å². The van der Waals surface area contributed by atoms with Crippen LogP contribution >= 0.6 is 11.8 Å². The van der Waals surface area contributed by atoms with Crippen molar-refractivity contribution in [3.8, 4) is 0 Å². The normalized spacial score (nSPS) is 27.3. The fourth-order valence-electron chi connectivity index (χ4n) is 4.45. The first-order valence-electron chi connectivity index (χ1n) is 9.61. The van der Waals surface area contributed by atoms with Crippen molar-refractivity contribution in [2.45, 2.75) is 49.5 Å². The Morgan fingerprint density at radius 3 is 2.56 bits per heavy atom. The highest BCUT2D eigenvalue weighted by molar-refractivity contribution is 7.99. The maximum Gasteiger partial charge on any atom is 0.233 e. The highest BCUT2D eigenvalue weighted by atomic mass is 32.2. The Bertz CT molecular complexity index is 760. The average Bonchev–Trinajstić information content (AvgIpc) is 2.91. The van der Waals surface area contributed by atoms with Crippen molar-refractivity contribution >= 4 is 29.5 Å². The number of carbonyl (C=O) groups excluding carboxylic acids is 3. The molecule has 1 aromatic rings. The van der Waals surface area contributed by atoms with Crippen molar-refractivity contribution < 1.29 is 18.8 Å². The largest absolute Gasteiger partial charge is 0.349 e. The summed E-state index contributed by atoms with van der Waals surface area (Å²) >= 11 is 1.66. The van der Waals surface area contributed by atoms with Crippen molar-refractivity contribution in [2.75, 3.05) is 12.3 Å². The lowest BCUT2D eigenvalue weighted by atomic mass is 9.81. The molecule has 1 N–H and O–H groups in total. The first-order chi connectivity index (χ1) is 13.0. The molecule has 0 radical (unpaired) electrons. The molecule has 0 bridgehead atoms. The van der Waals surface area contributed by atoms with Crippen molar-refractivity contribution in [3.63, 3.8) is 0 Å². The number of nitrogens with one attached hydrogen (secondary N) is 1. The molecule has 5 nitrogen and oxygen atoms in total. The fraction of sp³-hybridized carbons (Fsp3) is 0.550. The molecule has 3 amide bonds. The molecule has 2 heterocycles. The second-order valence-electron chi connectivity index (χ2n) is 7.51. The summed E-state index contributed by atoms with van der Waals surface area (Å²) in [5.41, 5.74) is 0.805. The minimum absolute atomic E-state index is 0.0885. The van der Waals surface area contributed by atoms with Crippen molar-refractivity contribution in [1.82, 2.24) is 10.2 Å². The molecule has 144 valence electrons. The zero-order chi connectivity index (χ0) is 19.0. The van der Waals surface area contributed by atoms with Gasteiger partial charge in [0.15, 0.2) is 0 Å². The number of likely N-dealkylation sites (tertiary alicyclic amines) is 1. The molecule has 1 saturated heterocycles. The van der Waals surface area contributed by atoms with E-state index in [-0.39, 0.29) is 54.4 Å². The summed E-state index contributed by atoms with van der Waals surface area (Å²) < 4.78 is 13.6. The van der Waals surface area contributed by atoms with Crippen LogP contribution in [0.4, 0.5) is 4.39 Å². The Hall–Kier alpha value is -1.89. The summed E-state index contributed by atoms with van der Waals surface area (Å²) in [7, 11) is 0. The van der Waals surface area contributed by atoms with Gasteiger partial charge in [0, 0.05) is 23.6 Å². The summed E-state index contributed by atoms with van der Waals surface area (Å²) in [6.07, 6.45) is 4.36. The van der Waals surface area contributed by atoms with Gasteiger partial charge in [-0.15, -0.1) is 11.8 Å². The standard InChI is InChI=1S/C20H23FN2O3S/c21-12-5-6-17-15(11-12)16(8-10-27-17)22-18(24)7-9-23-19(25)13-3-1-2-4-14(13)20(23)26/h5-6,11,13-14,16H,1-4,7-10H2,(H,22,24)/t13-,14-,16+/m1/s1. The van der Waals surface area contributed by atoms with E-state index in [1.165, 1.54) is 17.0 Å². The molecule has 1 aromatic carbocycles. The molecule has 4 rings (SSSR count). The Balaban J connectivity index is 1.36. The summed E-state index contributed by atoms with van der Waals surface area (Å²) in [6, 6.07) is 4.43. The quantitative estimate of drug-likeness (QED) is 0.803. The second-order valence-corrected chi connectivity index (χ2v) is 8.65. The molecule has 2 fully saturated rings. The van der Waals surface area contributed by atoms with E-state index in [9.17, 15) is 18.8 Å². The van der Waals surface area contributed by atoms with E-state index < -0.39 is 0 Å². The van der Waals surface area contributed by atoms with Gasteiger partial charge in [0.25, 0.3) is 0 Å². The number of rotatable bonds is 4. The number of thioether (sulfide) groups is 1. The van der Waals surface area contributed by atoms with Crippen LogP contribution in [-0.2, 0) is 14.4 Å². The highest BCUT2D eigenvalue weighted by Crippen LogP contribution is 2.38. The summed E-state index contributed by atoms with van der Waals surface area (Å²) in [5.74, 6) is -0.253. The second kappa shape index (κ2) is 7.62. The minimum atomic E-state index is -0.314. The van der Waals surface area contributed by atoms with E-state index in [4.69, 9.17) is 0 Å². The number of nitrogens with zero attached hydrogens (tertiary/aromatic N) is 1. The summed E-state index contributed by atoms with van der Waals surface area (Å²) in [4.78, 5) is 39.7. The van der Waals surface area contributed by atoms with Gasteiger partial charge in [0.2, 0.25) is 17.7 Å². The first-order valence-corrected chi connectivity index (χ1v) is 10.6. The molecule has 0 unspecified atom stereocenters. The number of amides is 3. The molecule has 1 saturated carbocycles. The molecular weight excluding hydrogens is 367 g/mol. The van der Waals surface area contributed by atoms with Crippen LogP contribution in [0.25, 0.3) is 0 Å². The van der Waals surface area contributed by atoms with E-state index in [2.05, 4.69) is 5.32 Å². The number of hydrogen-bond acceptors (Lipinski definition) is 4. The van der Waals surface area contributed by atoms with Gasteiger partial charge in [-0.25, -0.2) is 4.39 Å². The van der Waals surface area contributed by atoms with Gasteiger partial charge in [-0.1, -0.05) is 12.8 Å². The first kappa shape index (κ1) is 18.5. The van der Waals surface area contributed by atoms with Crippen LogP contribution < -0.4 is 5.32 Å². The Morgan fingerprint density at radius 2 is 1.85 bits per heavy atom. The monoisotopic (exact) mass is 390 g/mol. The lowest BCUT2D eigenvalue weighted by molar-refractivity contribution is -0.140. The number of carbonyl (C=O) groups is 3. The topological polar surface area (TPSA) is 66.5 Å². The van der Waals surface area contributed by atoms with E-state index >= 15 is 0 Å². The van der Waals surface area contributed by atoms with Gasteiger partial charge in [-0.2, -0.15) is 0 Å². The van der Waals surface area contributed by atoms with Crippen LogP contribution in [0.5, 0.6) is 0 Å². The van der Waals surface area contributed by atoms with Gasteiger partial charge < -0.3 is 5.32 Å². The van der Waals surface area contributed by atoms with Gasteiger partial charge in [0.1, 0.15) is 5.82 Å². The van der Waals surface area contributed by atoms with Gasteiger partial charge in [0.05, 0.1) is 17.9 Å². The minimum Gasteiger partial charge on any atom is -0.349 e. The number of halogens is 1. The molecule has 0 spiro atoms. The Kier molecular flexibility index (Phi) is 5.21. The third kappa shape index (κ3) is 3.61. The van der Waals surface area contributed by atoms with E-state index in [1.807, 2.05) is 0 Å². The van der Waals surface area contributed by atoms with Crippen LogP contribution in [0.2, 0.25) is 0 Å². The van der Waals surface area contributed by atoms with E-state index in [0.29, 0.717) is 0 Å². The van der Waals surface area contributed by atoms with Gasteiger partial charge in [-0.3, -0.25) is 19.3 Å². The van der Waals surface area contributed by atoms with Crippen LogP contribution in [0.15, 0.2) is 23.1 Å². The zero-order valence-corrected chi connectivity index (χ0v) is 15.9. The maximum atomic E-state index is 13.6. The van der Waals surface area contributed by atoms with Gasteiger partial charge in [-0.05, 0) is 43.0 Å². The van der Waals surface area contributed by atoms with Crippen molar-refractivity contribution in [2.24, 2.45) is 11.8 Å². The molecule has 7 heteroatoms. The maximum absolute atomic E-state index is 13.6. The predicted octanol–water partition coefficient (Wildman–Crippen LogP) is 3.04. The Labute approximate surface area is 162 Å². The molecule has 0 aromatic heterocycles. The smallest absolute Gasteiger partial charge is 0.233 e. The predicted molar refractivity (Wildman–Crippen MR) is 99.4 cm³/mol. The van der Waals surface area contributed by atoms with Crippen LogP contribution in [0.3, 0.4) is 0 Å². The molecule has 27 heavy (non-hydrogen) atoms. The average molecular weight is 390 g/mol. The lowest BCUT2D eigenvalue weighted by Crippen LogP contribution is -2.37. The lowest BCUT2D eigenvalue weighted by Gasteiger charge is -2.26. The molecule has 3 atom stereocenters. The zero-order valence-electron chi connectivity index (χ0n) is 15.1. The SMILES string of the molecule is O=C(CCN1C(=O)[C@@H]2CCCC[C@H]2C1=O)N[C@H]1CCSc2ccc(F)cc21. The molecule has 1 aliphatic carbocycles. The van der Waals surface area contributed by atoms with E-state index in [1.54, 1.807) is 17.8 Å². The van der Waals surface area contributed by atoms with Crippen LogP contribution in [-0.4, -0.2) is 34.9 Å². The highest BCUT2D eigenvalue weighted by Gasteiger charge is 2.47. The Morgan fingerprint density at radius 1 is 1.15 bits per heavy atom. The van der Waals surface area contributed by atoms with E-state index in [0.717, 1.165) is 48.3 Å². The summed E-state index contributed by atoms with van der Waals surface area (Å²) in [5, 5.41) is 2.95. The molecular formula is C20H23FN2O3S. The third-order valence-corrected chi connectivity index (χ3v) is 6.96. The van der Waals surface area contributed by atoms with Gasteiger partial charge >= 0.3 is 0 Å². The summed E-state index contributed by atoms with van der Waals surface area (Å²) in [6.45, 7) is 0.133. The van der Waals surface area contributed by atoms with Crippen molar-refractivity contribution in [3.05, 3.63) is 29.6 Å².